The zero-order chi connectivity index (χ0) is 16.2. The fraction of sp³-hybridized carbons (Fsp3) is 0.875. The summed E-state index contributed by atoms with van der Waals surface area (Å²) >= 11 is 0. The summed E-state index contributed by atoms with van der Waals surface area (Å²) in [4.78, 5) is 28.1. The summed E-state index contributed by atoms with van der Waals surface area (Å²) in [6.07, 6.45) is 2.22. The molecule has 1 aliphatic rings. The number of nitrogens with two attached hydrogens (primary N) is 1. The van der Waals surface area contributed by atoms with Crippen LogP contribution in [0.4, 0.5) is 0 Å². The van der Waals surface area contributed by atoms with Crippen LogP contribution in [-0.4, -0.2) is 53.8 Å². The Labute approximate surface area is 128 Å². The summed E-state index contributed by atoms with van der Waals surface area (Å²) in [5, 5.41) is 0. The van der Waals surface area contributed by atoms with Crippen molar-refractivity contribution in [3.05, 3.63) is 0 Å². The summed E-state index contributed by atoms with van der Waals surface area (Å²) < 4.78 is 0. The minimum absolute atomic E-state index is 0.0382. The van der Waals surface area contributed by atoms with Crippen LogP contribution in [0.3, 0.4) is 0 Å². The Bertz CT molecular complexity index is 369. The molecule has 1 aliphatic heterocycles. The molecule has 1 heterocycles. The van der Waals surface area contributed by atoms with Gasteiger partial charge in [-0.25, -0.2) is 0 Å². The molecule has 2 amide bonds. The van der Waals surface area contributed by atoms with Crippen LogP contribution in [0.2, 0.25) is 0 Å². The van der Waals surface area contributed by atoms with E-state index in [1.165, 1.54) is 0 Å². The van der Waals surface area contributed by atoms with Crippen molar-refractivity contribution in [2.24, 2.45) is 17.6 Å². The van der Waals surface area contributed by atoms with Crippen LogP contribution in [-0.2, 0) is 9.59 Å². The molecular weight excluding hydrogens is 266 g/mol. The minimum atomic E-state index is -0.333. The molecule has 0 aromatic rings. The summed E-state index contributed by atoms with van der Waals surface area (Å²) in [6.45, 7) is 9.53. The molecule has 1 fully saturated rings. The second kappa shape index (κ2) is 7.78. The molecule has 1 saturated heterocycles. The van der Waals surface area contributed by atoms with E-state index >= 15 is 0 Å². The molecule has 0 radical (unpaired) electrons. The Morgan fingerprint density at radius 3 is 2.33 bits per heavy atom. The number of hydrogen-bond acceptors (Lipinski definition) is 3. The van der Waals surface area contributed by atoms with E-state index in [1.54, 1.807) is 9.80 Å². The van der Waals surface area contributed by atoms with E-state index < -0.39 is 0 Å². The van der Waals surface area contributed by atoms with Gasteiger partial charge in [-0.2, -0.15) is 0 Å². The summed E-state index contributed by atoms with van der Waals surface area (Å²) in [7, 11) is 1.81. The monoisotopic (exact) mass is 297 g/mol. The predicted octanol–water partition coefficient (Wildman–Crippen LogP) is 1.47. The fourth-order valence-corrected chi connectivity index (χ4v) is 2.75. The third kappa shape index (κ3) is 4.70. The van der Waals surface area contributed by atoms with E-state index in [-0.39, 0.29) is 29.8 Å². The highest BCUT2D eigenvalue weighted by Gasteiger charge is 2.36. The topological polar surface area (TPSA) is 66.6 Å². The molecule has 0 aromatic carbocycles. The smallest absolute Gasteiger partial charge is 0.245 e. The maximum Gasteiger partial charge on any atom is 0.245 e. The van der Waals surface area contributed by atoms with Gasteiger partial charge in [0, 0.05) is 32.6 Å². The summed E-state index contributed by atoms with van der Waals surface area (Å²) in [5.74, 6) is 0.681. The van der Waals surface area contributed by atoms with E-state index in [4.69, 9.17) is 5.73 Å². The first-order valence-corrected chi connectivity index (χ1v) is 8.05. The summed E-state index contributed by atoms with van der Waals surface area (Å²) in [6, 6.07) is -0.230. The van der Waals surface area contributed by atoms with Gasteiger partial charge in [0.2, 0.25) is 11.8 Å². The van der Waals surface area contributed by atoms with Gasteiger partial charge < -0.3 is 15.5 Å². The van der Waals surface area contributed by atoms with Crippen molar-refractivity contribution in [1.29, 1.82) is 0 Å². The van der Waals surface area contributed by atoms with Crippen molar-refractivity contribution in [3.63, 3.8) is 0 Å². The van der Waals surface area contributed by atoms with Gasteiger partial charge in [0.25, 0.3) is 0 Å². The van der Waals surface area contributed by atoms with Crippen LogP contribution in [0.15, 0.2) is 0 Å². The van der Waals surface area contributed by atoms with Crippen LogP contribution in [0, 0.1) is 11.8 Å². The molecule has 5 heteroatoms. The van der Waals surface area contributed by atoms with Gasteiger partial charge in [-0.05, 0) is 24.7 Å². The van der Waals surface area contributed by atoms with Gasteiger partial charge in [0.15, 0.2) is 0 Å². The molecule has 1 rings (SSSR count). The second-order valence-corrected chi connectivity index (χ2v) is 6.84. The number of likely N-dealkylation sites (N-methyl/N-ethyl adjacent to an activating group) is 1. The van der Waals surface area contributed by atoms with E-state index in [2.05, 4.69) is 13.8 Å². The Kier molecular flexibility index (Phi) is 6.65. The molecule has 0 bridgehead atoms. The molecule has 0 aromatic heterocycles. The molecule has 0 spiro atoms. The van der Waals surface area contributed by atoms with Gasteiger partial charge >= 0.3 is 0 Å². The van der Waals surface area contributed by atoms with E-state index in [1.807, 2.05) is 20.9 Å². The highest BCUT2D eigenvalue weighted by Crippen LogP contribution is 2.21. The van der Waals surface area contributed by atoms with Crippen LogP contribution in [0.25, 0.3) is 0 Å². The van der Waals surface area contributed by atoms with Gasteiger partial charge in [0.1, 0.15) is 6.04 Å². The van der Waals surface area contributed by atoms with E-state index in [0.717, 1.165) is 12.8 Å². The second-order valence-electron chi connectivity index (χ2n) is 6.84. The number of carbonyl (C=O) groups excluding carboxylic acids is 2. The quantitative estimate of drug-likeness (QED) is 0.773. The molecule has 2 N–H and O–H groups in total. The Morgan fingerprint density at radius 1 is 1.29 bits per heavy atom. The SMILES string of the molecule is CC(C)C(N)CCN(C)C(=O)C(C(C)C)N1CCCC1=O. The molecule has 2 unspecified atom stereocenters. The van der Waals surface area contributed by atoms with Crippen molar-refractivity contribution in [1.82, 2.24) is 9.80 Å². The Morgan fingerprint density at radius 2 is 1.90 bits per heavy atom. The third-order valence-electron chi connectivity index (χ3n) is 4.36. The third-order valence-corrected chi connectivity index (χ3v) is 4.36. The standard InChI is InChI=1S/C16H31N3O2/c1-11(2)13(17)8-10-18(5)16(21)15(12(3)4)19-9-6-7-14(19)20/h11-13,15H,6-10,17H2,1-5H3. The normalized spacial score (nSPS) is 18.5. The lowest BCUT2D eigenvalue weighted by Gasteiger charge is -2.33. The number of rotatable bonds is 7. The Hall–Kier alpha value is -1.10. The van der Waals surface area contributed by atoms with Crippen molar-refractivity contribution >= 4 is 11.8 Å². The average Bonchev–Trinajstić information content (AvgIpc) is 2.81. The first-order chi connectivity index (χ1) is 9.75. The van der Waals surface area contributed by atoms with Crippen LogP contribution in [0.5, 0.6) is 0 Å². The number of nitrogens with zero attached hydrogens (tertiary/aromatic N) is 2. The van der Waals surface area contributed by atoms with Gasteiger partial charge in [-0.15, -0.1) is 0 Å². The van der Waals surface area contributed by atoms with E-state index in [0.29, 0.717) is 25.4 Å². The lowest BCUT2D eigenvalue weighted by atomic mass is 9.99. The zero-order valence-electron chi connectivity index (χ0n) is 14.1. The summed E-state index contributed by atoms with van der Waals surface area (Å²) in [5.41, 5.74) is 6.04. The van der Waals surface area contributed by atoms with Gasteiger partial charge in [-0.1, -0.05) is 27.7 Å². The average molecular weight is 297 g/mol. The fourth-order valence-electron chi connectivity index (χ4n) is 2.75. The molecule has 0 saturated carbocycles. The first kappa shape index (κ1) is 18.0. The highest BCUT2D eigenvalue weighted by molar-refractivity contribution is 5.88. The molecule has 0 aliphatic carbocycles. The first-order valence-electron chi connectivity index (χ1n) is 8.05. The molecular formula is C16H31N3O2. The maximum atomic E-state index is 12.7. The lowest BCUT2D eigenvalue weighted by Crippen LogP contribution is -2.51. The van der Waals surface area contributed by atoms with Crippen LogP contribution >= 0.6 is 0 Å². The van der Waals surface area contributed by atoms with Crippen LogP contribution < -0.4 is 5.73 Å². The van der Waals surface area contributed by atoms with Gasteiger partial charge in [-0.3, -0.25) is 9.59 Å². The lowest BCUT2D eigenvalue weighted by molar-refractivity contribution is -0.144. The van der Waals surface area contributed by atoms with Crippen molar-refractivity contribution in [2.45, 2.75) is 59.0 Å². The Balaban J connectivity index is 2.66. The molecule has 122 valence electrons. The maximum absolute atomic E-state index is 12.7. The highest BCUT2D eigenvalue weighted by atomic mass is 16.2. The van der Waals surface area contributed by atoms with E-state index in [9.17, 15) is 9.59 Å². The minimum Gasteiger partial charge on any atom is -0.344 e. The van der Waals surface area contributed by atoms with Crippen molar-refractivity contribution in [3.8, 4) is 0 Å². The number of carbonyl (C=O) groups is 2. The predicted molar refractivity (Wildman–Crippen MR) is 84.6 cm³/mol. The molecule has 21 heavy (non-hydrogen) atoms. The van der Waals surface area contributed by atoms with Crippen molar-refractivity contribution < 1.29 is 9.59 Å². The number of likely N-dealkylation sites (tertiary alicyclic amines) is 1. The molecule has 5 nitrogen and oxygen atoms in total. The van der Waals surface area contributed by atoms with Gasteiger partial charge in [0.05, 0.1) is 0 Å². The number of hydrogen-bond donors (Lipinski definition) is 1. The van der Waals surface area contributed by atoms with Crippen LogP contribution in [0.1, 0.15) is 47.0 Å². The van der Waals surface area contributed by atoms with Crippen molar-refractivity contribution in [2.75, 3.05) is 20.1 Å². The largest absolute Gasteiger partial charge is 0.344 e. The number of amides is 2. The zero-order valence-corrected chi connectivity index (χ0v) is 14.1. The molecule has 2 atom stereocenters.